The maximum Gasteiger partial charge on any atom is 0.255 e. The van der Waals surface area contributed by atoms with E-state index in [1.807, 2.05) is 55.8 Å². The van der Waals surface area contributed by atoms with E-state index >= 15 is 0 Å². The van der Waals surface area contributed by atoms with Crippen LogP contribution in [0.5, 0.6) is 0 Å². The van der Waals surface area contributed by atoms with Crippen molar-refractivity contribution in [3.8, 4) is 0 Å². The third-order valence-electron chi connectivity index (χ3n) is 3.20. The highest BCUT2D eigenvalue weighted by Crippen LogP contribution is 2.17. The summed E-state index contributed by atoms with van der Waals surface area (Å²) in [6, 6.07) is 13.3. The van der Waals surface area contributed by atoms with E-state index in [0.717, 1.165) is 20.4 Å². The maximum atomic E-state index is 12.5. The van der Waals surface area contributed by atoms with E-state index in [2.05, 4.69) is 27.9 Å². The van der Waals surface area contributed by atoms with Crippen molar-refractivity contribution in [3.05, 3.63) is 69.1 Å². The number of carbonyl (C=O) groups is 1. The van der Waals surface area contributed by atoms with Gasteiger partial charge in [0, 0.05) is 21.4 Å². The highest BCUT2D eigenvalue weighted by Gasteiger charge is 2.12. The third kappa shape index (κ3) is 4.28. The number of amides is 1. The second-order valence-corrected chi connectivity index (χ2v) is 5.89. The first-order valence-corrected chi connectivity index (χ1v) is 7.82. The summed E-state index contributed by atoms with van der Waals surface area (Å²) in [6.07, 6.45) is 2.42. The Hall–Kier alpha value is -1.40. The standard InChI is InChI=1S/C17H17INO2/c1-2-12-3-4-13(9-10-20)16(11-12)17(21)19-15-7-5-14(18)6-8-15/h2-8,11,20H,9-10H2,1H3,(H,19,21). The molecule has 1 amide bonds. The number of aliphatic hydroxyl groups excluding tert-OH is 1. The molecule has 2 rings (SSSR count). The minimum absolute atomic E-state index is 0.0268. The maximum absolute atomic E-state index is 12.5. The molecule has 0 aliphatic rings. The van der Waals surface area contributed by atoms with Crippen molar-refractivity contribution in [3.63, 3.8) is 0 Å². The van der Waals surface area contributed by atoms with E-state index < -0.39 is 0 Å². The van der Waals surface area contributed by atoms with Crippen LogP contribution >= 0.6 is 22.6 Å². The topological polar surface area (TPSA) is 49.3 Å². The van der Waals surface area contributed by atoms with Gasteiger partial charge in [-0.1, -0.05) is 19.1 Å². The van der Waals surface area contributed by atoms with Crippen molar-refractivity contribution < 1.29 is 9.90 Å². The van der Waals surface area contributed by atoms with Crippen LogP contribution in [0, 0.1) is 9.99 Å². The number of rotatable bonds is 5. The van der Waals surface area contributed by atoms with Gasteiger partial charge in [-0.05, 0) is 76.9 Å². The fourth-order valence-electron chi connectivity index (χ4n) is 2.06. The molecule has 0 aliphatic carbocycles. The Labute approximate surface area is 138 Å². The lowest BCUT2D eigenvalue weighted by Gasteiger charge is -2.11. The van der Waals surface area contributed by atoms with Crippen LogP contribution in [-0.4, -0.2) is 17.6 Å². The van der Waals surface area contributed by atoms with Crippen LogP contribution in [-0.2, 0) is 6.42 Å². The molecule has 0 fully saturated rings. The second kappa shape index (κ2) is 7.56. The number of carbonyl (C=O) groups excluding carboxylic acids is 1. The summed E-state index contributed by atoms with van der Waals surface area (Å²) in [7, 11) is 0. The zero-order valence-corrected chi connectivity index (χ0v) is 13.9. The summed E-state index contributed by atoms with van der Waals surface area (Å²) in [6.45, 7) is 1.96. The largest absolute Gasteiger partial charge is 0.396 e. The number of anilines is 1. The monoisotopic (exact) mass is 394 g/mol. The van der Waals surface area contributed by atoms with Crippen molar-refractivity contribution in [2.45, 2.75) is 13.3 Å². The van der Waals surface area contributed by atoms with Crippen LogP contribution in [0.4, 0.5) is 5.69 Å². The Kier molecular flexibility index (Phi) is 5.76. The summed E-state index contributed by atoms with van der Waals surface area (Å²) in [4.78, 5) is 12.5. The van der Waals surface area contributed by atoms with Gasteiger partial charge >= 0.3 is 0 Å². The summed E-state index contributed by atoms with van der Waals surface area (Å²) in [5, 5.41) is 12.0. The first-order valence-electron chi connectivity index (χ1n) is 6.74. The molecule has 2 N–H and O–H groups in total. The minimum Gasteiger partial charge on any atom is -0.396 e. The molecule has 2 aromatic carbocycles. The van der Waals surface area contributed by atoms with Crippen molar-refractivity contribution in [1.82, 2.24) is 0 Å². The van der Waals surface area contributed by atoms with Crippen molar-refractivity contribution in [1.29, 1.82) is 0 Å². The molecule has 1 radical (unpaired) electrons. The van der Waals surface area contributed by atoms with Gasteiger partial charge < -0.3 is 10.4 Å². The van der Waals surface area contributed by atoms with Crippen molar-refractivity contribution in [2.24, 2.45) is 0 Å². The van der Waals surface area contributed by atoms with E-state index in [1.165, 1.54) is 0 Å². The zero-order chi connectivity index (χ0) is 15.2. The van der Waals surface area contributed by atoms with Crippen LogP contribution in [0.2, 0.25) is 0 Å². The van der Waals surface area contributed by atoms with E-state index in [-0.39, 0.29) is 12.5 Å². The Morgan fingerprint density at radius 3 is 2.57 bits per heavy atom. The lowest BCUT2D eigenvalue weighted by molar-refractivity contribution is 0.102. The average molecular weight is 394 g/mol. The van der Waals surface area contributed by atoms with Crippen LogP contribution in [0.15, 0.2) is 42.5 Å². The molecule has 0 aromatic heterocycles. The number of benzene rings is 2. The molecule has 0 aliphatic heterocycles. The molecular formula is C17H17INO2. The van der Waals surface area contributed by atoms with E-state index in [0.29, 0.717) is 12.0 Å². The molecule has 0 saturated heterocycles. The molecule has 0 atom stereocenters. The summed E-state index contributed by atoms with van der Waals surface area (Å²) in [5.41, 5.74) is 3.22. The van der Waals surface area contributed by atoms with Gasteiger partial charge in [0.2, 0.25) is 0 Å². The predicted molar refractivity (Wildman–Crippen MR) is 93.4 cm³/mol. The van der Waals surface area contributed by atoms with E-state index in [9.17, 15) is 4.79 Å². The molecule has 109 valence electrons. The van der Waals surface area contributed by atoms with Crippen LogP contribution in [0.3, 0.4) is 0 Å². The molecular weight excluding hydrogens is 377 g/mol. The normalized spacial score (nSPS) is 10.4. The Morgan fingerprint density at radius 2 is 1.95 bits per heavy atom. The number of nitrogens with one attached hydrogen (secondary N) is 1. The molecule has 0 spiro atoms. The molecule has 0 bridgehead atoms. The Bertz CT molecular complexity index is 623. The van der Waals surface area contributed by atoms with E-state index in [4.69, 9.17) is 5.11 Å². The number of aliphatic hydroxyl groups is 1. The van der Waals surface area contributed by atoms with Gasteiger partial charge in [0.15, 0.2) is 0 Å². The zero-order valence-electron chi connectivity index (χ0n) is 11.8. The smallest absolute Gasteiger partial charge is 0.255 e. The molecule has 0 unspecified atom stereocenters. The molecule has 3 nitrogen and oxygen atoms in total. The molecule has 0 saturated carbocycles. The van der Waals surface area contributed by atoms with E-state index in [1.54, 1.807) is 0 Å². The predicted octanol–water partition coefficient (Wildman–Crippen LogP) is 3.65. The lowest BCUT2D eigenvalue weighted by atomic mass is 10.00. The Balaban J connectivity index is 2.26. The highest BCUT2D eigenvalue weighted by atomic mass is 127. The van der Waals surface area contributed by atoms with Gasteiger partial charge in [-0.15, -0.1) is 0 Å². The molecule has 0 heterocycles. The molecule has 2 aromatic rings. The SMILES string of the molecule is C[CH]c1ccc(CCO)c(C(=O)Nc2ccc(I)cc2)c1. The molecule has 4 heteroatoms. The first-order chi connectivity index (χ1) is 10.1. The van der Waals surface area contributed by atoms with Crippen LogP contribution < -0.4 is 5.32 Å². The average Bonchev–Trinajstić information content (AvgIpc) is 2.50. The summed E-state index contributed by atoms with van der Waals surface area (Å²) >= 11 is 2.22. The van der Waals surface area contributed by atoms with Crippen LogP contribution in [0.1, 0.15) is 28.4 Å². The van der Waals surface area contributed by atoms with Gasteiger partial charge in [-0.3, -0.25) is 4.79 Å². The number of hydrogen-bond acceptors (Lipinski definition) is 2. The van der Waals surface area contributed by atoms with Crippen molar-refractivity contribution in [2.75, 3.05) is 11.9 Å². The van der Waals surface area contributed by atoms with Gasteiger partial charge in [-0.2, -0.15) is 0 Å². The quantitative estimate of drug-likeness (QED) is 0.761. The number of halogens is 1. The minimum atomic E-state index is -0.150. The molecule has 21 heavy (non-hydrogen) atoms. The van der Waals surface area contributed by atoms with Crippen LogP contribution in [0.25, 0.3) is 0 Å². The number of hydrogen-bond donors (Lipinski definition) is 2. The third-order valence-corrected chi connectivity index (χ3v) is 3.91. The highest BCUT2D eigenvalue weighted by molar-refractivity contribution is 14.1. The van der Waals surface area contributed by atoms with Gasteiger partial charge in [0.25, 0.3) is 5.91 Å². The summed E-state index contributed by atoms with van der Waals surface area (Å²) < 4.78 is 1.12. The lowest BCUT2D eigenvalue weighted by Crippen LogP contribution is -2.15. The summed E-state index contributed by atoms with van der Waals surface area (Å²) in [5.74, 6) is -0.150. The van der Waals surface area contributed by atoms with Gasteiger partial charge in [0.05, 0.1) is 0 Å². The first kappa shape index (κ1) is 16.0. The Morgan fingerprint density at radius 1 is 1.24 bits per heavy atom. The second-order valence-electron chi connectivity index (χ2n) is 4.64. The van der Waals surface area contributed by atoms with Gasteiger partial charge in [-0.25, -0.2) is 0 Å². The fourth-order valence-corrected chi connectivity index (χ4v) is 2.41. The fraction of sp³-hybridized carbons (Fsp3) is 0.176. The van der Waals surface area contributed by atoms with Gasteiger partial charge in [0.1, 0.15) is 0 Å². The van der Waals surface area contributed by atoms with Crippen molar-refractivity contribution >= 4 is 34.2 Å².